The summed E-state index contributed by atoms with van der Waals surface area (Å²) in [5.74, 6) is 0.557. The Labute approximate surface area is 91.7 Å². The number of ketones is 1. The summed E-state index contributed by atoms with van der Waals surface area (Å²) in [5.41, 5.74) is -0.515. The summed E-state index contributed by atoms with van der Waals surface area (Å²) in [4.78, 5) is 11.9. The van der Waals surface area contributed by atoms with E-state index in [1.165, 1.54) is 0 Å². The summed E-state index contributed by atoms with van der Waals surface area (Å²) >= 11 is 0. The molecule has 15 heavy (non-hydrogen) atoms. The van der Waals surface area contributed by atoms with Gasteiger partial charge in [0.1, 0.15) is 0 Å². The van der Waals surface area contributed by atoms with E-state index in [0.717, 1.165) is 12.8 Å². The molecule has 1 aliphatic heterocycles. The largest absolute Gasteiger partial charge is 0.368 e. The lowest BCUT2D eigenvalue weighted by Gasteiger charge is -2.50. The number of fused-ring (bicyclic) bond motifs is 1. The lowest BCUT2D eigenvalue weighted by Crippen LogP contribution is -2.54. The van der Waals surface area contributed by atoms with Crippen LogP contribution < -0.4 is 0 Å². The third kappa shape index (κ3) is 1.55. The maximum atomic E-state index is 11.9. The van der Waals surface area contributed by atoms with Crippen molar-refractivity contribution in [2.45, 2.75) is 52.2 Å². The van der Waals surface area contributed by atoms with Gasteiger partial charge in [-0.05, 0) is 38.8 Å². The van der Waals surface area contributed by atoms with Gasteiger partial charge in [0, 0.05) is 11.3 Å². The fraction of sp³-hybridized carbons (Fsp3) is 0.769. The Morgan fingerprint density at radius 3 is 2.67 bits per heavy atom. The van der Waals surface area contributed by atoms with E-state index in [1.54, 1.807) is 6.08 Å². The SMILES string of the molecule is CC1CCC2C(C)(C=CC(=O)C2(C)C)O1. The quantitative estimate of drug-likeness (QED) is 0.612. The van der Waals surface area contributed by atoms with Gasteiger partial charge in [0.05, 0.1) is 11.7 Å². The zero-order chi connectivity index (χ0) is 11.3. The minimum Gasteiger partial charge on any atom is -0.368 e. The molecule has 0 bridgehead atoms. The fourth-order valence-electron chi connectivity index (χ4n) is 3.12. The molecule has 1 saturated heterocycles. The second-order valence-corrected chi connectivity index (χ2v) is 5.66. The number of carbonyl (C=O) groups excluding carboxylic acids is 1. The van der Waals surface area contributed by atoms with E-state index in [0.29, 0.717) is 12.0 Å². The maximum absolute atomic E-state index is 11.9. The van der Waals surface area contributed by atoms with Crippen molar-refractivity contribution in [2.24, 2.45) is 11.3 Å². The molecule has 2 rings (SSSR count). The van der Waals surface area contributed by atoms with E-state index in [9.17, 15) is 4.79 Å². The standard InChI is InChI=1S/C13H20O2/c1-9-5-6-10-12(2,3)11(14)7-8-13(10,4)15-9/h7-10H,5-6H2,1-4H3. The predicted molar refractivity (Wildman–Crippen MR) is 59.6 cm³/mol. The molecule has 3 unspecified atom stereocenters. The van der Waals surface area contributed by atoms with Crippen LogP contribution in [0.25, 0.3) is 0 Å². The van der Waals surface area contributed by atoms with Crippen LogP contribution >= 0.6 is 0 Å². The third-order valence-corrected chi connectivity index (χ3v) is 4.08. The third-order valence-electron chi connectivity index (χ3n) is 4.08. The number of hydrogen-bond donors (Lipinski definition) is 0. The molecule has 0 radical (unpaired) electrons. The summed E-state index contributed by atoms with van der Waals surface area (Å²) in [6.45, 7) is 8.30. The summed E-state index contributed by atoms with van der Waals surface area (Å²) in [6.07, 6.45) is 6.11. The van der Waals surface area contributed by atoms with Gasteiger partial charge in [-0.3, -0.25) is 4.79 Å². The first-order valence-electron chi connectivity index (χ1n) is 5.78. The molecule has 84 valence electrons. The Hall–Kier alpha value is -0.630. The van der Waals surface area contributed by atoms with E-state index in [-0.39, 0.29) is 16.8 Å². The molecule has 2 heteroatoms. The van der Waals surface area contributed by atoms with Crippen molar-refractivity contribution < 1.29 is 9.53 Å². The van der Waals surface area contributed by atoms with E-state index in [1.807, 2.05) is 19.9 Å². The molecular formula is C13H20O2. The monoisotopic (exact) mass is 208 g/mol. The molecule has 1 fully saturated rings. The molecule has 1 heterocycles. The van der Waals surface area contributed by atoms with Crippen LogP contribution in [0, 0.1) is 11.3 Å². The molecule has 0 aromatic heterocycles. The van der Waals surface area contributed by atoms with Gasteiger partial charge in [-0.15, -0.1) is 0 Å². The minimum absolute atomic E-state index is 0.239. The number of hydrogen-bond acceptors (Lipinski definition) is 2. The van der Waals surface area contributed by atoms with Crippen molar-refractivity contribution >= 4 is 5.78 Å². The van der Waals surface area contributed by atoms with Gasteiger partial charge in [0.25, 0.3) is 0 Å². The maximum Gasteiger partial charge on any atom is 0.161 e. The van der Waals surface area contributed by atoms with E-state index in [4.69, 9.17) is 4.74 Å². The van der Waals surface area contributed by atoms with Gasteiger partial charge in [-0.25, -0.2) is 0 Å². The molecule has 0 spiro atoms. The van der Waals surface area contributed by atoms with Crippen LogP contribution in [0.2, 0.25) is 0 Å². The molecule has 0 amide bonds. The highest BCUT2D eigenvalue weighted by Gasteiger charge is 2.51. The molecule has 1 aliphatic carbocycles. The summed E-state index contributed by atoms with van der Waals surface area (Å²) in [5, 5.41) is 0. The highest BCUT2D eigenvalue weighted by molar-refractivity contribution is 5.95. The zero-order valence-corrected chi connectivity index (χ0v) is 10.0. The second-order valence-electron chi connectivity index (χ2n) is 5.66. The van der Waals surface area contributed by atoms with Crippen LogP contribution in [0.3, 0.4) is 0 Å². The van der Waals surface area contributed by atoms with E-state index in [2.05, 4.69) is 13.8 Å². The molecule has 0 N–H and O–H groups in total. The van der Waals surface area contributed by atoms with Crippen LogP contribution in [0.5, 0.6) is 0 Å². The number of carbonyl (C=O) groups is 1. The van der Waals surface area contributed by atoms with Gasteiger partial charge >= 0.3 is 0 Å². The number of allylic oxidation sites excluding steroid dienone is 1. The van der Waals surface area contributed by atoms with Gasteiger partial charge in [-0.1, -0.05) is 13.8 Å². The highest BCUT2D eigenvalue weighted by atomic mass is 16.5. The summed E-state index contributed by atoms with van der Waals surface area (Å²) in [6, 6.07) is 0. The van der Waals surface area contributed by atoms with Crippen molar-refractivity contribution in [3.63, 3.8) is 0 Å². The molecule has 0 aromatic carbocycles. The lowest BCUT2D eigenvalue weighted by molar-refractivity contribution is -0.162. The predicted octanol–water partition coefficient (Wildman–Crippen LogP) is 2.73. The number of rotatable bonds is 0. The van der Waals surface area contributed by atoms with Crippen LogP contribution in [0.1, 0.15) is 40.5 Å². The van der Waals surface area contributed by atoms with Crippen LogP contribution in [-0.4, -0.2) is 17.5 Å². The molecule has 0 aromatic rings. The lowest BCUT2D eigenvalue weighted by atomic mass is 9.61. The molecule has 3 atom stereocenters. The first-order valence-corrected chi connectivity index (χ1v) is 5.78. The van der Waals surface area contributed by atoms with Crippen molar-refractivity contribution in [3.8, 4) is 0 Å². The number of ether oxygens (including phenoxy) is 1. The van der Waals surface area contributed by atoms with Crippen molar-refractivity contribution in [3.05, 3.63) is 12.2 Å². The topological polar surface area (TPSA) is 26.3 Å². The minimum atomic E-state index is -0.274. The van der Waals surface area contributed by atoms with Gasteiger partial charge < -0.3 is 4.74 Å². The Balaban J connectivity index is 2.38. The smallest absolute Gasteiger partial charge is 0.161 e. The normalized spacial score (nSPS) is 43.9. The molecular weight excluding hydrogens is 188 g/mol. The summed E-state index contributed by atoms with van der Waals surface area (Å²) < 4.78 is 6.02. The first kappa shape index (κ1) is 10.9. The van der Waals surface area contributed by atoms with Crippen LogP contribution in [0.15, 0.2) is 12.2 Å². The van der Waals surface area contributed by atoms with Gasteiger partial charge in [0.2, 0.25) is 0 Å². The average Bonchev–Trinajstić information content (AvgIpc) is 2.11. The first-order chi connectivity index (χ1) is 6.86. The molecule has 2 nitrogen and oxygen atoms in total. The van der Waals surface area contributed by atoms with E-state index < -0.39 is 0 Å². The molecule has 2 aliphatic rings. The highest BCUT2D eigenvalue weighted by Crippen LogP contribution is 2.48. The van der Waals surface area contributed by atoms with E-state index >= 15 is 0 Å². The van der Waals surface area contributed by atoms with Crippen molar-refractivity contribution in [2.75, 3.05) is 0 Å². The molecule has 0 saturated carbocycles. The average molecular weight is 208 g/mol. The van der Waals surface area contributed by atoms with Crippen molar-refractivity contribution in [1.82, 2.24) is 0 Å². The van der Waals surface area contributed by atoms with Crippen LogP contribution in [0.4, 0.5) is 0 Å². The second kappa shape index (κ2) is 3.18. The summed E-state index contributed by atoms with van der Waals surface area (Å²) in [7, 11) is 0. The van der Waals surface area contributed by atoms with Crippen molar-refractivity contribution in [1.29, 1.82) is 0 Å². The Morgan fingerprint density at radius 2 is 2.00 bits per heavy atom. The Kier molecular flexibility index (Phi) is 2.30. The van der Waals surface area contributed by atoms with Crippen LogP contribution in [-0.2, 0) is 9.53 Å². The Morgan fingerprint density at radius 1 is 1.33 bits per heavy atom. The zero-order valence-electron chi connectivity index (χ0n) is 10.0. The van der Waals surface area contributed by atoms with Gasteiger partial charge in [-0.2, -0.15) is 0 Å². The fourth-order valence-corrected chi connectivity index (χ4v) is 3.12. The van der Waals surface area contributed by atoms with Gasteiger partial charge in [0.15, 0.2) is 5.78 Å². The Bertz CT molecular complexity index is 316.